The molecule has 0 radical (unpaired) electrons. The summed E-state index contributed by atoms with van der Waals surface area (Å²) in [6, 6.07) is 5.95. The molecule has 21 heavy (non-hydrogen) atoms. The molecule has 0 spiro atoms. The molecule has 0 aliphatic carbocycles. The number of methoxy groups -OCH3 is 1. The first-order valence-electron chi connectivity index (χ1n) is 7.13. The van der Waals surface area contributed by atoms with Crippen LogP contribution in [-0.2, 0) is 9.47 Å². The highest BCUT2D eigenvalue weighted by molar-refractivity contribution is 6.18. The highest BCUT2D eigenvalue weighted by atomic mass is 35.5. The van der Waals surface area contributed by atoms with Crippen molar-refractivity contribution in [3.05, 3.63) is 29.3 Å². The zero-order valence-electron chi connectivity index (χ0n) is 12.8. The number of aryl methyl sites for hydroxylation is 1. The van der Waals surface area contributed by atoms with Gasteiger partial charge in [0.2, 0.25) is 0 Å². The lowest BCUT2D eigenvalue weighted by molar-refractivity contribution is 0.0644. The third-order valence-corrected chi connectivity index (χ3v) is 2.96. The largest absolute Gasteiger partial charge is 0.493 e. The Morgan fingerprint density at radius 3 is 2.71 bits per heavy atom. The van der Waals surface area contributed by atoms with E-state index in [2.05, 4.69) is 11.8 Å². The van der Waals surface area contributed by atoms with Gasteiger partial charge in [0.15, 0.2) is 0 Å². The van der Waals surface area contributed by atoms with Crippen molar-refractivity contribution in [2.45, 2.75) is 19.8 Å². The van der Waals surface area contributed by atoms with Crippen LogP contribution in [0.1, 0.15) is 24.0 Å². The van der Waals surface area contributed by atoms with Crippen molar-refractivity contribution in [3.8, 4) is 17.6 Å². The first-order valence-corrected chi connectivity index (χ1v) is 7.66. The molecule has 0 bridgehead atoms. The maximum absolute atomic E-state index is 5.69. The van der Waals surface area contributed by atoms with Crippen LogP contribution in [0.15, 0.2) is 18.2 Å². The van der Waals surface area contributed by atoms with Crippen LogP contribution < -0.4 is 4.74 Å². The van der Waals surface area contributed by atoms with Crippen LogP contribution >= 0.6 is 11.6 Å². The molecule has 0 aromatic heterocycles. The minimum Gasteiger partial charge on any atom is -0.493 e. The second-order valence-electron chi connectivity index (χ2n) is 4.52. The maximum atomic E-state index is 5.69. The van der Waals surface area contributed by atoms with E-state index in [1.807, 2.05) is 25.1 Å². The predicted octanol–water partition coefficient (Wildman–Crippen LogP) is 3.41. The molecule has 0 saturated heterocycles. The molecule has 1 aromatic rings. The van der Waals surface area contributed by atoms with Gasteiger partial charge in [0.25, 0.3) is 0 Å². The van der Waals surface area contributed by atoms with Gasteiger partial charge in [-0.2, -0.15) is 0 Å². The Balaban J connectivity index is 2.30. The SMILES string of the molecule is COCCOCCCOc1ccc(C#CCCCl)c(C)c1. The summed E-state index contributed by atoms with van der Waals surface area (Å²) in [6.45, 7) is 4.62. The average Bonchev–Trinajstić information content (AvgIpc) is 2.48. The molecule has 0 saturated carbocycles. The molecular weight excluding hydrogens is 288 g/mol. The molecule has 0 unspecified atom stereocenters. The standard InChI is InChI=1S/C17H23ClO3/c1-15-14-17(8-7-16(15)6-3-4-9-18)21-11-5-10-20-13-12-19-2/h7-8,14H,4-5,9-13H2,1-2H3. The molecule has 116 valence electrons. The van der Waals surface area contributed by atoms with Crippen LogP contribution in [0.2, 0.25) is 0 Å². The Hall–Kier alpha value is -1.21. The van der Waals surface area contributed by atoms with Crippen LogP contribution in [0, 0.1) is 18.8 Å². The lowest BCUT2D eigenvalue weighted by atomic mass is 10.1. The molecule has 0 amide bonds. The summed E-state index contributed by atoms with van der Waals surface area (Å²) in [5.41, 5.74) is 2.14. The predicted molar refractivity (Wildman–Crippen MR) is 86.2 cm³/mol. The van der Waals surface area contributed by atoms with E-state index >= 15 is 0 Å². The summed E-state index contributed by atoms with van der Waals surface area (Å²) in [5.74, 6) is 7.59. The van der Waals surface area contributed by atoms with Crippen molar-refractivity contribution in [1.29, 1.82) is 0 Å². The molecular formula is C17H23ClO3. The van der Waals surface area contributed by atoms with E-state index in [9.17, 15) is 0 Å². The number of alkyl halides is 1. The van der Waals surface area contributed by atoms with Crippen molar-refractivity contribution < 1.29 is 14.2 Å². The molecule has 0 N–H and O–H groups in total. The van der Waals surface area contributed by atoms with E-state index < -0.39 is 0 Å². The van der Waals surface area contributed by atoms with Crippen LogP contribution in [0.25, 0.3) is 0 Å². The fourth-order valence-electron chi connectivity index (χ4n) is 1.67. The number of ether oxygens (including phenoxy) is 3. The zero-order valence-corrected chi connectivity index (χ0v) is 13.5. The first-order chi connectivity index (χ1) is 10.3. The van der Waals surface area contributed by atoms with Gasteiger partial charge in [-0.25, -0.2) is 0 Å². The second-order valence-corrected chi connectivity index (χ2v) is 4.90. The summed E-state index contributed by atoms with van der Waals surface area (Å²) >= 11 is 5.60. The second kappa shape index (κ2) is 11.4. The van der Waals surface area contributed by atoms with Gasteiger partial charge in [0, 0.05) is 38.0 Å². The van der Waals surface area contributed by atoms with Crippen LogP contribution in [0.3, 0.4) is 0 Å². The minimum atomic E-state index is 0.569. The van der Waals surface area contributed by atoms with Gasteiger partial charge in [0.1, 0.15) is 5.75 Å². The van der Waals surface area contributed by atoms with Crippen LogP contribution in [0.4, 0.5) is 0 Å². The molecule has 3 nitrogen and oxygen atoms in total. The smallest absolute Gasteiger partial charge is 0.119 e. The Morgan fingerprint density at radius 2 is 2.00 bits per heavy atom. The quantitative estimate of drug-likeness (QED) is 0.397. The third-order valence-electron chi connectivity index (χ3n) is 2.77. The van der Waals surface area contributed by atoms with Crippen LogP contribution in [0.5, 0.6) is 5.75 Å². The Labute approximate surface area is 132 Å². The summed E-state index contributed by atoms with van der Waals surface area (Å²) in [7, 11) is 1.67. The molecule has 1 aromatic carbocycles. The first kappa shape index (κ1) is 17.8. The van der Waals surface area contributed by atoms with Gasteiger partial charge < -0.3 is 14.2 Å². The van der Waals surface area contributed by atoms with E-state index in [0.29, 0.717) is 38.7 Å². The molecule has 1 rings (SSSR count). The fraction of sp³-hybridized carbons (Fsp3) is 0.529. The lowest BCUT2D eigenvalue weighted by Crippen LogP contribution is -2.06. The molecule has 0 fully saturated rings. The highest BCUT2D eigenvalue weighted by Crippen LogP contribution is 2.16. The maximum Gasteiger partial charge on any atom is 0.119 e. The van der Waals surface area contributed by atoms with Crippen molar-refractivity contribution in [2.75, 3.05) is 39.4 Å². The van der Waals surface area contributed by atoms with Crippen molar-refractivity contribution in [1.82, 2.24) is 0 Å². The van der Waals surface area contributed by atoms with Gasteiger partial charge in [0.05, 0.1) is 19.8 Å². The highest BCUT2D eigenvalue weighted by Gasteiger charge is 1.99. The Kier molecular flexibility index (Phi) is 9.73. The Bertz CT molecular complexity index is 463. The summed E-state index contributed by atoms with van der Waals surface area (Å²) < 4.78 is 16.0. The summed E-state index contributed by atoms with van der Waals surface area (Å²) in [5, 5.41) is 0. The lowest BCUT2D eigenvalue weighted by Gasteiger charge is -2.08. The van der Waals surface area contributed by atoms with E-state index in [4.69, 9.17) is 25.8 Å². The topological polar surface area (TPSA) is 27.7 Å². The van der Waals surface area contributed by atoms with E-state index in [1.165, 1.54) is 0 Å². The van der Waals surface area contributed by atoms with Gasteiger partial charge >= 0.3 is 0 Å². The Morgan fingerprint density at radius 1 is 1.14 bits per heavy atom. The molecule has 0 aliphatic heterocycles. The number of hydrogen-bond donors (Lipinski definition) is 0. The number of rotatable bonds is 9. The van der Waals surface area contributed by atoms with E-state index in [-0.39, 0.29) is 0 Å². The number of benzene rings is 1. The van der Waals surface area contributed by atoms with Crippen molar-refractivity contribution in [3.63, 3.8) is 0 Å². The van der Waals surface area contributed by atoms with Crippen molar-refractivity contribution in [2.24, 2.45) is 0 Å². The van der Waals surface area contributed by atoms with Gasteiger partial charge in [-0.05, 0) is 30.7 Å². The van der Waals surface area contributed by atoms with Gasteiger partial charge in [-0.3, -0.25) is 0 Å². The average molecular weight is 311 g/mol. The van der Waals surface area contributed by atoms with Gasteiger partial charge in [-0.15, -0.1) is 11.6 Å². The zero-order chi connectivity index (χ0) is 15.3. The third kappa shape index (κ3) is 7.96. The molecule has 0 heterocycles. The minimum absolute atomic E-state index is 0.569. The van der Waals surface area contributed by atoms with Crippen molar-refractivity contribution >= 4 is 11.6 Å². The van der Waals surface area contributed by atoms with E-state index in [0.717, 1.165) is 23.3 Å². The monoisotopic (exact) mass is 310 g/mol. The molecule has 0 aliphatic rings. The normalized spacial score (nSPS) is 10.0. The molecule has 0 atom stereocenters. The summed E-state index contributed by atoms with van der Waals surface area (Å²) in [6.07, 6.45) is 1.57. The number of halogens is 1. The van der Waals surface area contributed by atoms with Crippen LogP contribution in [-0.4, -0.2) is 39.4 Å². The van der Waals surface area contributed by atoms with E-state index in [1.54, 1.807) is 7.11 Å². The van der Waals surface area contributed by atoms with Gasteiger partial charge in [-0.1, -0.05) is 11.8 Å². The summed E-state index contributed by atoms with van der Waals surface area (Å²) in [4.78, 5) is 0. The fourth-order valence-corrected chi connectivity index (χ4v) is 1.76. The number of hydrogen-bond acceptors (Lipinski definition) is 3. The molecule has 4 heteroatoms.